The van der Waals surface area contributed by atoms with Crippen molar-refractivity contribution in [1.29, 1.82) is 0 Å². The fourth-order valence-corrected chi connectivity index (χ4v) is 2.83. The van der Waals surface area contributed by atoms with Crippen molar-refractivity contribution < 1.29 is 9.59 Å². The monoisotopic (exact) mass is 352 g/mol. The second-order valence-corrected chi connectivity index (χ2v) is 5.93. The van der Waals surface area contributed by atoms with Gasteiger partial charge in [0, 0.05) is 18.7 Å². The highest BCUT2D eigenvalue weighted by molar-refractivity contribution is 6.33. The third-order valence-corrected chi connectivity index (χ3v) is 4.18. The molecule has 0 aliphatic heterocycles. The highest BCUT2D eigenvalue weighted by Crippen LogP contribution is 2.18. The number of fused-ring (bicyclic) bond motifs is 1. The number of rotatable bonds is 5. The van der Waals surface area contributed by atoms with E-state index in [0.717, 1.165) is 10.8 Å². The molecule has 0 fully saturated rings. The second kappa shape index (κ2) is 7.81. The van der Waals surface area contributed by atoms with Gasteiger partial charge in [0.25, 0.3) is 11.8 Å². The summed E-state index contributed by atoms with van der Waals surface area (Å²) in [5.74, 6) is -0.422. The minimum absolute atomic E-state index is 0.163. The lowest BCUT2D eigenvalue weighted by molar-refractivity contribution is 0.0928. The molecule has 0 heterocycles. The molecule has 25 heavy (non-hydrogen) atoms. The van der Waals surface area contributed by atoms with Crippen molar-refractivity contribution in [3.8, 4) is 0 Å². The SMILES string of the molecule is O=C(NCCNC(=O)c1cccc2ccccc12)c1ccccc1Cl. The maximum atomic E-state index is 12.4. The number of carbonyl (C=O) groups is 2. The van der Waals surface area contributed by atoms with E-state index in [1.54, 1.807) is 30.3 Å². The van der Waals surface area contributed by atoms with Crippen molar-refractivity contribution in [2.45, 2.75) is 0 Å². The van der Waals surface area contributed by atoms with Crippen LogP contribution in [0.3, 0.4) is 0 Å². The molecule has 0 aromatic heterocycles. The highest BCUT2D eigenvalue weighted by Gasteiger charge is 2.10. The molecule has 5 heteroatoms. The van der Waals surface area contributed by atoms with E-state index in [0.29, 0.717) is 29.2 Å². The van der Waals surface area contributed by atoms with E-state index in [1.165, 1.54) is 0 Å². The molecule has 0 aliphatic rings. The number of amides is 2. The maximum absolute atomic E-state index is 12.4. The van der Waals surface area contributed by atoms with Crippen molar-refractivity contribution in [2.75, 3.05) is 13.1 Å². The van der Waals surface area contributed by atoms with Crippen LogP contribution in [0.4, 0.5) is 0 Å². The number of benzene rings is 3. The lowest BCUT2D eigenvalue weighted by atomic mass is 10.0. The first kappa shape index (κ1) is 17.0. The van der Waals surface area contributed by atoms with Gasteiger partial charge < -0.3 is 10.6 Å². The summed E-state index contributed by atoms with van der Waals surface area (Å²) >= 11 is 5.99. The summed E-state index contributed by atoms with van der Waals surface area (Å²) in [5, 5.41) is 7.90. The van der Waals surface area contributed by atoms with Gasteiger partial charge in [-0.25, -0.2) is 0 Å². The van der Waals surface area contributed by atoms with Gasteiger partial charge in [0.15, 0.2) is 0 Å². The molecule has 4 nitrogen and oxygen atoms in total. The third kappa shape index (κ3) is 3.98. The van der Waals surface area contributed by atoms with Gasteiger partial charge in [-0.3, -0.25) is 9.59 Å². The summed E-state index contributed by atoms with van der Waals surface area (Å²) in [6.45, 7) is 0.652. The molecule has 3 aromatic carbocycles. The van der Waals surface area contributed by atoms with Crippen LogP contribution in [0.2, 0.25) is 5.02 Å². The second-order valence-electron chi connectivity index (χ2n) is 5.52. The normalized spacial score (nSPS) is 10.4. The molecule has 0 saturated carbocycles. The van der Waals surface area contributed by atoms with Crippen molar-refractivity contribution in [3.63, 3.8) is 0 Å². The van der Waals surface area contributed by atoms with E-state index in [2.05, 4.69) is 10.6 Å². The molecule has 3 rings (SSSR count). The summed E-state index contributed by atoms with van der Waals surface area (Å²) in [6, 6.07) is 20.2. The topological polar surface area (TPSA) is 58.2 Å². The van der Waals surface area contributed by atoms with E-state index >= 15 is 0 Å². The first-order valence-electron chi connectivity index (χ1n) is 7.95. The quantitative estimate of drug-likeness (QED) is 0.688. The van der Waals surface area contributed by atoms with Gasteiger partial charge >= 0.3 is 0 Å². The number of halogens is 1. The smallest absolute Gasteiger partial charge is 0.252 e. The number of hydrogen-bond donors (Lipinski definition) is 2. The van der Waals surface area contributed by atoms with E-state index in [9.17, 15) is 9.59 Å². The van der Waals surface area contributed by atoms with Gasteiger partial charge in [0.2, 0.25) is 0 Å². The molecule has 0 unspecified atom stereocenters. The molecular weight excluding hydrogens is 336 g/mol. The Kier molecular flexibility index (Phi) is 5.31. The van der Waals surface area contributed by atoms with Crippen molar-refractivity contribution >= 4 is 34.2 Å². The molecule has 0 radical (unpaired) electrons. The molecule has 0 aliphatic carbocycles. The molecule has 0 spiro atoms. The van der Waals surface area contributed by atoms with Gasteiger partial charge in [-0.2, -0.15) is 0 Å². The summed E-state index contributed by atoms with van der Waals surface area (Å²) < 4.78 is 0. The molecule has 3 aromatic rings. The van der Waals surface area contributed by atoms with Gasteiger partial charge in [-0.15, -0.1) is 0 Å². The summed E-state index contributed by atoms with van der Waals surface area (Å²) in [5.41, 5.74) is 1.04. The average molecular weight is 353 g/mol. The van der Waals surface area contributed by atoms with E-state index in [-0.39, 0.29) is 11.8 Å². The molecule has 0 atom stereocenters. The highest BCUT2D eigenvalue weighted by atomic mass is 35.5. The van der Waals surface area contributed by atoms with E-state index in [4.69, 9.17) is 11.6 Å². The van der Waals surface area contributed by atoms with Crippen molar-refractivity contribution in [3.05, 3.63) is 82.9 Å². The maximum Gasteiger partial charge on any atom is 0.252 e. The van der Waals surface area contributed by atoms with Crippen LogP contribution in [0.1, 0.15) is 20.7 Å². The van der Waals surface area contributed by atoms with Crippen LogP contribution in [0, 0.1) is 0 Å². The minimum Gasteiger partial charge on any atom is -0.350 e. The fraction of sp³-hybridized carbons (Fsp3) is 0.100. The Morgan fingerprint density at radius 1 is 0.720 bits per heavy atom. The van der Waals surface area contributed by atoms with E-state index < -0.39 is 0 Å². The number of hydrogen-bond acceptors (Lipinski definition) is 2. The van der Waals surface area contributed by atoms with Crippen LogP contribution >= 0.6 is 11.6 Å². The van der Waals surface area contributed by atoms with Crippen LogP contribution in [0.15, 0.2) is 66.7 Å². The zero-order chi connectivity index (χ0) is 17.6. The van der Waals surface area contributed by atoms with Gasteiger partial charge in [0.1, 0.15) is 0 Å². The first-order valence-corrected chi connectivity index (χ1v) is 8.33. The zero-order valence-corrected chi connectivity index (χ0v) is 14.2. The largest absolute Gasteiger partial charge is 0.350 e. The Hall–Kier alpha value is -2.85. The Morgan fingerprint density at radius 2 is 1.28 bits per heavy atom. The first-order chi connectivity index (χ1) is 12.2. The Bertz CT molecular complexity index is 919. The lowest BCUT2D eigenvalue weighted by Gasteiger charge is -2.09. The van der Waals surface area contributed by atoms with Crippen LogP contribution in [0.25, 0.3) is 10.8 Å². The van der Waals surface area contributed by atoms with Crippen LogP contribution in [-0.2, 0) is 0 Å². The molecule has 0 saturated heterocycles. The van der Waals surface area contributed by atoms with Gasteiger partial charge in [-0.1, -0.05) is 60.1 Å². The standard InChI is InChI=1S/C20H17ClN2O2/c21-18-11-4-3-9-17(18)20(25)23-13-12-22-19(24)16-10-5-7-14-6-1-2-8-15(14)16/h1-11H,12-13H2,(H,22,24)(H,23,25). The zero-order valence-electron chi connectivity index (χ0n) is 13.5. The predicted molar refractivity (Wildman–Crippen MR) is 100 cm³/mol. The Balaban J connectivity index is 1.56. The molecule has 0 bridgehead atoms. The van der Waals surface area contributed by atoms with Gasteiger partial charge in [0.05, 0.1) is 10.6 Å². The molecule has 126 valence electrons. The number of carbonyl (C=O) groups excluding carboxylic acids is 2. The summed E-state index contributed by atoms with van der Waals surface area (Å²) in [6.07, 6.45) is 0. The molecule has 2 N–H and O–H groups in total. The van der Waals surface area contributed by atoms with Crippen molar-refractivity contribution in [2.24, 2.45) is 0 Å². The van der Waals surface area contributed by atoms with E-state index in [1.807, 2.05) is 36.4 Å². The third-order valence-electron chi connectivity index (χ3n) is 3.85. The Labute approximate surface area is 150 Å². The van der Waals surface area contributed by atoms with Crippen LogP contribution < -0.4 is 10.6 Å². The predicted octanol–water partition coefficient (Wildman–Crippen LogP) is 3.65. The molecular formula is C20H17ClN2O2. The minimum atomic E-state index is -0.259. The summed E-state index contributed by atoms with van der Waals surface area (Å²) in [4.78, 5) is 24.4. The average Bonchev–Trinajstić information content (AvgIpc) is 2.64. The van der Waals surface area contributed by atoms with Crippen molar-refractivity contribution in [1.82, 2.24) is 10.6 Å². The Morgan fingerprint density at radius 3 is 2.04 bits per heavy atom. The fourth-order valence-electron chi connectivity index (χ4n) is 2.61. The van der Waals surface area contributed by atoms with Crippen LogP contribution in [0.5, 0.6) is 0 Å². The number of nitrogens with one attached hydrogen (secondary N) is 2. The lowest BCUT2D eigenvalue weighted by Crippen LogP contribution is -2.34. The summed E-state index contributed by atoms with van der Waals surface area (Å²) in [7, 11) is 0. The molecule has 2 amide bonds. The van der Waals surface area contributed by atoms with Crippen LogP contribution in [-0.4, -0.2) is 24.9 Å². The van der Waals surface area contributed by atoms with Gasteiger partial charge in [-0.05, 0) is 29.0 Å².